The van der Waals surface area contributed by atoms with E-state index in [4.69, 9.17) is 0 Å². The van der Waals surface area contributed by atoms with Crippen LogP contribution in [-0.4, -0.2) is 49.9 Å². The van der Waals surface area contributed by atoms with Gasteiger partial charge in [-0.2, -0.15) is 0 Å². The molecule has 0 aromatic heterocycles. The number of hydrogen-bond acceptors (Lipinski definition) is 2. The highest BCUT2D eigenvalue weighted by Gasteiger charge is 1.96. The SMILES string of the molecule is CCN(C=O)CCN(C)C. The normalized spacial score (nSPS) is 10.0. The highest BCUT2D eigenvalue weighted by atomic mass is 16.1. The second-order valence-corrected chi connectivity index (χ2v) is 2.54. The molecule has 0 spiro atoms. The van der Waals surface area contributed by atoms with E-state index in [1.54, 1.807) is 4.90 Å². The summed E-state index contributed by atoms with van der Waals surface area (Å²) in [5, 5.41) is 0. The van der Waals surface area contributed by atoms with Gasteiger partial charge in [0, 0.05) is 19.6 Å². The van der Waals surface area contributed by atoms with Gasteiger partial charge < -0.3 is 9.80 Å². The zero-order chi connectivity index (χ0) is 7.98. The van der Waals surface area contributed by atoms with Gasteiger partial charge in [0.15, 0.2) is 0 Å². The molecule has 0 bridgehead atoms. The second kappa shape index (κ2) is 5.23. The van der Waals surface area contributed by atoms with Crippen molar-refractivity contribution >= 4 is 6.41 Å². The van der Waals surface area contributed by atoms with Crippen molar-refractivity contribution < 1.29 is 4.79 Å². The highest BCUT2D eigenvalue weighted by Crippen LogP contribution is 1.82. The number of rotatable bonds is 5. The maximum atomic E-state index is 10.3. The predicted molar refractivity (Wildman–Crippen MR) is 41.9 cm³/mol. The van der Waals surface area contributed by atoms with Crippen LogP contribution in [0.15, 0.2) is 0 Å². The lowest BCUT2D eigenvalue weighted by Crippen LogP contribution is -2.30. The number of nitrogens with zero attached hydrogens (tertiary/aromatic N) is 2. The largest absolute Gasteiger partial charge is 0.344 e. The minimum atomic E-state index is 0.803. The summed E-state index contributed by atoms with van der Waals surface area (Å²) >= 11 is 0. The summed E-state index contributed by atoms with van der Waals surface area (Å²) in [4.78, 5) is 14.1. The molecular weight excluding hydrogens is 128 g/mol. The fraction of sp³-hybridized carbons (Fsp3) is 0.857. The minimum Gasteiger partial charge on any atom is -0.344 e. The Bertz CT molecular complexity index is 93.6. The summed E-state index contributed by atoms with van der Waals surface area (Å²) in [6, 6.07) is 0. The van der Waals surface area contributed by atoms with Crippen molar-refractivity contribution in [1.82, 2.24) is 9.80 Å². The Labute approximate surface area is 62.6 Å². The van der Waals surface area contributed by atoms with Crippen LogP contribution < -0.4 is 0 Å². The first-order chi connectivity index (χ1) is 4.70. The Kier molecular flexibility index (Phi) is 4.94. The fourth-order valence-electron chi connectivity index (χ4n) is 0.614. The van der Waals surface area contributed by atoms with Gasteiger partial charge >= 0.3 is 0 Å². The number of carbonyl (C=O) groups excluding carboxylic acids is 1. The standard InChI is InChI=1S/C7H16N2O/c1-4-9(7-10)6-5-8(2)3/h7H,4-6H2,1-3H3. The van der Waals surface area contributed by atoms with Gasteiger partial charge in [0.2, 0.25) is 6.41 Å². The Morgan fingerprint density at radius 1 is 1.30 bits per heavy atom. The lowest BCUT2D eigenvalue weighted by Gasteiger charge is -2.17. The van der Waals surface area contributed by atoms with Gasteiger partial charge in [0.1, 0.15) is 0 Å². The topological polar surface area (TPSA) is 23.6 Å². The first-order valence-electron chi connectivity index (χ1n) is 3.54. The molecule has 0 aromatic carbocycles. The summed E-state index contributed by atoms with van der Waals surface area (Å²) in [5.41, 5.74) is 0. The van der Waals surface area contributed by atoms with Crippen LogP contribution in [0.2, 0.25) is 0 Å². The van der Waals surface area contributed by atoms with E-state index in [0.717, 1.165) is 26.0 Å². The van der Waals surface area contributed by atoms with Crippen LogP contribution in [0.1, 0.15) is 6.92 Å². The van der Waals surface area contributed by atoms with Gasteiger partial charge in [-0.05, 0) is 21.0 Å². The van der Waals surface area contributed by atoms with Gasteiger partial charge in [-0.3, -0.25) is 4.79 Å². The zero-order valence-corrected chi connectivity index (χ0v) is 7.00. The Morgan fingerprint density at radius 2 is 1.90 bits per heavy atom. The highest BCUT2D eigenvalue weighted by molar-refractivity contribution is 5.46. The minimum absolute atomic E-state index is 0.803. The molecule has 0 saturated carbocycles. The van der Waals surface area contributed by atoms with Crippen molar-refractivity contribution in [3.63, 3.8) is 0 Å². The lowest BCUT2D eigenvalue weighted by molar-refractivity contribution is -0.118. The summed E-state index contributed by atoms with van der Waals surface area (Å²) < 4.78 is 0. The van der Waals surface area contributed by atoms with Gasteiger partial charge in [-0.15, -0.1) is 0 Å². The molecule has 0 heterocycles. The van der Waals surface area contributed by atoms with Crippen LogP contribution >= 0.6 is 0 Å². The number of likely N-dealkylation sites (N-methyl/N-ethyl adjacent to an activating group) is 2. The number of amides is 1. The molecule has 10 heavy (non-hydrogen) atoms. The molecule has 0 fully saturated rings. The van der Waals surface area contributed by atoms with Crippen molar-refractivity contribution in [3.05, 3.63) is 0 Å². The van der Waals surface area contributed by atoms with Crippen LogP contribution in [0.5, 0.6) is 0 Å². The molecule has 0 radical (unpaired) electrons. The van der Waals surface area contributed by atoms with E-state index < -0.39 is 0 Å². The summed E-state index contributed by atoms with van der Waals surface area (Å²) in [6.07, 6.45) is 0.892. The summed E-state index contributed by atoms with van der Waals surface area (Å²) in [5.74, 6) is 0. The van der Waals surface area contributed by atoms with E-state index in [1.165, 1.54) is 0 Å². The third kappa shape index (κ3) is 4.32. The second-order valence-electron chi connectivity index (χ2n) is 2.54. The van der Waals surface area contributed by atoms with Crippen molar-refractivity contribution in [1.29, 1.82) is 0 Å². The third-order valence-corrected chi connectivity index (χ3v) is 1.39. The molecule has 0 aliphatic carbocycles. The molecular formula is C7H16N2O. The maximum absolute atomic E-state index is 10.3. The maximum Gasteiger partial charge on any atom is 0.209 e. The van der Waals surface area contributed by atoms with Crippen molar-refractivity contribution in [2.75, 3.05) is 33.7 Å². The van der Waals surface area contributed by atoms with Gasteiger partial charge in [-0.1, -0.05) is 0 Å². The Balaban J connectivity index is 3.34. The molecule has 60 valence electrons. The fourth-order valence-corrected chi connectivity index (χ4v) is 0.614. The molecule has 0 atom stereocenters. The number of hydrogen-bond donors (Lipinski definition) is 0. The number of carbonyl (C=O) groups is 1. The third-order valence-electron chi connectivity index (χ3n) is 1.39. The van der Waals surface area contributed by atoms with Gasteiger partial charge in [0.05, 0.1) is 0 Å². The van der Waals surface area contributed by atoms with E-state index in [2.05, 4.69) is 4.90 Å². The van der Waals surface area contributed by atoms with Crippen LogP contribution in [0.3, 0.4) is 0 Å². The lowest BCUT2D eigenvalue weighted by atomic mass is 10.5. The predicted octanol–water partition coefficient (Wildman–Crippen LogP) is 0.0263. The van der Waals surface area contributed by atoms with E-state index in [-0.39, 0.29) is 0 Å². The molecule has 0 rings (SSSR count). The first kappa shape index (κ1) is 9.43. The molecule has 0 aliphatic rings. The average molecular weight is 144 g/mol. The molecule has 0 N–H and O–H groups in total. The molecule has 3 heteroatoms. The monoisotopic (exact) mass is 144 g/mol. The van der Waals surface area contributed by atoms with Gasteiger partial charge in [-0.25, -0.2) is 0 Å². The Hall–Kier alpha value is -0.570. The molecule has 0 aromatic rings. The van der Waals surface area contributed by atoms with Crippen LogP contribution in [-0.2, 0) is 4.79 Å². The van der Waals surface area contributed by atoms with Crippen molar-refractivity contribution in [2.24, 2.45) is 0 Å². The molecule has 0 saturated heterocycles. The van der Waals surface area contributed by atoms with Crippen molar-refractivity contribution in [2.45, 2.75) is 6.92 Å². The smallest absolute Gasteiger partial charge is 0.209 e. The summed E-state index contributed by atoms with van der Waals surface area (Å²) in [6.45, 7) is 4.54. The van der Waals surface area contributed by atoms with E-state index >= 15 is 0 Å². The van der Waals surface area contributed by atoms with Crippen LogP contribution in [0.4, 0.5) is 0 Å². The van der Waals surface area contributed by atoms with Crippen molar-refractivity contribution in [3.8, 4) is 0 Å². The molecule has 0 unspecified atom stereocenters. The van der Waals surface area contributed by atoms with E-state index in [1.807, 2.05) is 21.0 Å². The van der Waals surface area contributed by atoms with Crippen LogP contribution in [0.25, 0.3) is 0 Å². The molecule has 1 amide bonds. The van der Waals surface area contributed by atoms with Gasteiger partial charge in [0.25, 0.3) is 0 Å². The van der Waals surface area contributed by atoms with E-state index in [0.29, 0.717) is 0 Å². The Morgan fingerprint density at radius 3 is 2.20 bits per heavy atom. The van der Waals surface area contributed by atoms with Crippen LogP contribution in [0, 0.1) is 0 Å². The first-order valence-corrected chi connectivity index (χ1v) is 3.54. The average Bonchev–Trinajstić information content (AvgIpc) is 1.90. The van der Waals surface area contributed by atoms with E-state index in [9.17, 15) is 4.79 Å². The molecule has 0 aliphatic heterocycles. The quantitative estimate of drug-likeness (QED) is 0.508. The molecule has 3 nitrogen and oxygen atoms in total. The zero-order valence-electron chi connectivity index (χ0n) is 7.00. The summed E-state index contributed by atoms with van der Waals surface area (Å²) in [7, 11) is 4.00.